The standard InChI is InChI=1S/C23H26N4O2/c1-2-18(16-8-4-3-5-9-16)22(29)27-14-12-17(13-15-27)24-23-25-20-11-7-6-10-19(20)21(28)26-23/h3-11,17-18H,2,12-15H2,1H3,(H2,24,25,26,28). The van der Waals surface area contributed by atoms with Crippen LogP contribution in [0.1, 0.15) is 37.7 Å². The van der Waals surface area contributed by atoms with Crippen LogP contribution in [0.15, 0.2) is 59.4 Å². The first-order valence-corrected chi connectivity index (χ1v) is 10.2. The average Bonchev–Trinajstić information content (AvgIpc) is 2.75. The fourth-order valence-electron chi connectivity index (χ4n) is 4.05. The van der Waals surface area contributed by atoms with E-state index in [2.05, 4.69) is 22.2 Å². The molecule has 1 saturated heterocycles. The Balaban J connectivity index is 1.39. The van der Waals surface area contributed by atoms with Crippen LogP contribution in [-0.2, 0) is 4.79 Å². The van der Waals surface area contributed by atoms with Crippen LogP contribution in [0.25, 0.3) is 10.9 Å². The first-order valence-electron chi connectivity index (χ1n) is 10.2. The van der Waals surface area contributed by atoms with Gasteiger partial charge in [0.15, 0.2) is 0 Å². The van der Waals surface area contributed by atoms with Gasteiger partial charge in [0.2, 0.25) is 11.9 Å². The van der Waals surface area contributed by atoms with Crippen molar-refractivity contribution < 1.29 is 4.79 Å². The number of hydrogen-bond acceptors (Lipinski definition) is 4. The number of hydrogen-bond donors (Lipinski definition) is 2. The number of rotatable bonds is 5. The van der Waals surface area contributed by atoms with E-state index >= 15 is 0 Å². The summed E-state index contributed by atoms with van der Waals surface area (Å²) >= 11 is 0. The summed E-state index contributed by atoms with van der Waals surface area (Å²) < 4.78 is 0. The van der Waals surface area contributed by atoms with Crippen molar-refractivity contribution in [2.24, 2.45) is 0 Å². The molecule has 0 aliphatic carbocycles. The van der Waals surface area contributed by atoms with Crippen molar-refractivity contribution in [1.82, 2.24) is 14.9 Å². The van der Waals surface area contributed by atoms with Gasteiger partial charge in [-0.1, -0.05) is 49.4 Å². The molecule has 2 aromatic carbocycles. The van der Waals surface area contributed by atoms with E-state index in [4.69, 9.17) is 0 Å². The second kappa shape index (κ2) is 8.47. The lowest BCUT2D eigenvalue weighted by Gasteiger charge is -2.34. The molecule has 0 bridgehead atoms. The molecule has 6 heteroatoms. The summed E-state index contributed by atoms with van der Waals surface area (Å²) in [6.07, 6.45) is 2.45. The summed E-state index contributed by atoms with van der Waals surface area (Å²) in [5.74, 6) is 0.614. The Labute approximate surface area is 170 Å². The van der Waals surface area contributed by atoms with Crippen molar-refractivity contribution in [2.75, 3.05) is 18.4 Å². The summed E-state index contributed by atoms with van der Waals surface area (Å²) in [5.41, 5.74) is 1.62. The molecule has 4 rings (SSSR count). The highest BCUT2D eigenvalue weighted by Crippen LogP contribution is 2.24. The molecule has 1 aliphatic heterocycles. The van der Waals surface area contributed by atoms with Crippen LogP contribution in [0.5, 0.6) is 0 Å². The van der Waals surface area contributed by atoms with Gasteiger partial charge in [0, 0.05) is 19.1 Å². The normalized spacial score (nSPS) is 16.0. The van der Waals surface area contributed by atoms with Crippen LogP contribution in [0, 0.1) is 0 Å². The SMILES string of the molecule is CCC(C(=O)N1CCC(Nc2nc3ccccc3c(=O)[nH]2)CC1)c1ccccc1. The maximum atomic E-state index is 13.0. The maximum Gasteiger partial charge on any atom is 0.260 e. The Kier molecular flexibility index (Phi) is 5.60. The Morgan fingerprint density at radius 1 is 1.14 bits per heavy atom. The van der Waals surface area contributed by atoms with Crippen LogP contribution in [0.3, 0.4) is 0 Å². The Hall–Kier alpha value is -3.15. The van der Waals surface area contributed by atoms with Gasteiger partial charge in [0.25, 0.3) is 5.56 Å². The van der Waals surface area contributed by atoms with Crippen molar-refractivity contribution in [3.05, 3.63) is 70.5 Å². The van der Waals surface area contributed by atoms with E-state index in [9.17, 15) is 9.59 Å². The minimum atomic E-state index is -0.139. The Morgan fingerprint density at radius 3 is 2.55 bits per heavy atom. The van der Waals surface area contributed by atoms with E-state index in [0.717, 1.165) is 24.8 Å². The number of anilines is 1. The van der Waals surface area contributed by atoms with Crippen LogP contribution in [-0.4, -0.2) is 39.9 Å². The lowest BCUT2D eigenvalue weighted by molar-refractivity contribution is -0.133. The summed E-state index contributed by atoms with van der Waals surface area (Å²) in [5, 5.41) is 3.93. The molecule has 3 aromatic rings. The van der Waals surface area contributed by atoms with Gasteiger partial charge in [0.1, 0.15) is 0 Å². The second-order valence-corrected chi connectivity index (χ2v) is 7.55. The molecule has 1 fully saturated rings. The zero-order valence-electron chi connectivity index (χ0n) is 16.6. The molecule has 0 spiro atoms. The molecule has 6 nitrogen and oxygen atoms in total. The fraction of sp³-hybridized carbons (Fsp3) is 0.348. The smallest absolute Gasteiger partial charge is 0.260 e. The predicted molar refractivity (Wildman–Crippen MR) is 115 cm³/mol. The van der Waals surface area contributed by atoms with E-state index in [1.165, 1.54) is 0 Å². The maximum absolute atomic E-state index is 13.0. The van der Waals surface area contributed by atoms with E-state index < -0.39 is 0 Å². The molecule has 1 unspecified atom stereocenters. The number of amides is 1. The van der Waals surface area contributed by atoms with Gasteiger partial charge >= 0.3 is 0 Å². The quantitative estimate of drug-likeness (QED) is 0.699. The highest BCUT2D eigenvalue weighted by molar-refractivity contribution is 5.84. The Morgan fingerprint density at radius 2 is 1.83 bits per heavy atom. The number of aromatic amines is 1. The topological polar surface area (TPSA) is 78.1 Å². The number of aromatic nitrogens is 2. The van der Waals surface area contributed by atoms with Crippen molar-refractivity contribution in [2.45, 2.75) is 38.1 Å². The minimum Gasteiger partial charge on any atom is -0.353 e. The van der Waals surface area contributed by atoms with Crippen LogP contribution >= 0.6 is 0 Å². The summed E-state index contributed by atoms with van der Waals surface area (Å²) in [4.78, 5) is 34.6. The number of nitrogens with zero attached hydrogens (tertiary/aromatic N) is 2. The second-order valence-electron chi connectivity index (χ2n) is 7.55. The summed E-state index contributed by atoms with van der Waals surface area (Å²) in [6.45, 7) is 3.47. The summed E-state index contributed by atoms with van der Waals surface area (Å²) in [7, 11) is 0. The number of para-hydroxylation sites is 1. The first-order chi connectivity index (χ1) is 14.2. The monoisotopic (exact) mass is 390 g/mol. The summed E-state index contributed by atoms with van der Waals surface area (Å²) in [6, 6.07) is 17.5. The number of likely N-dealkylation sites (tertiary alicyclic amines) is 1. The van der Waals surface area contributed by atoms with Gasteiger partial charge in [-0.3, -0.25) is 14.6 Å². The zero-order valence-corrected chi connectivity index (χ0v) is 16.6. The average molecular weight is 390 g/mol. The molecular weight excluding hydrogens is 364 g/mol. The molecular formula is C23H26N4O2. The van der Waals surface area contributed by atoms with E-state index in [1.54, 1.807) is 6.07 Å². The number of carbonyl (C=O) groups excluding carboxylic acids is 1. The van der Waals surface area contributed by atoms with Crippen LogP contribution in [0.4, 0.5) is 5.95 Å². The third-order valence-corrected chi connectivity index (χ3v) is 5.67. The molecule has 0 radical (unpaired) electrons. The van der Waals surface area contributed by atoms with Crippen molar-refractivity contribution in [3.63, 3.8) is 0 Å². The Bertz CT molecular complexity index is 1040. The van der Waals surface area contributed by atoms with E-state index in [1.807, 2.05) is 53.4 Å². The third-order valence-electron chi connectivity index (χ3n) is 5.67. The predicted octanol–water partition coefficient (Wildman–Crippen LogP) is 3.52. The minimum absolute atomic E-state index is 0.0841. The highest BCUT2D eigenvalue weighted by atomic mass is 16.2. The largest absolute Gasteiger partial charge is 0.353 e. The van der Waals surface area contributed by atoms with Crippen molar-refractivity contribution in [3.8, 4) is 0 Å². The van der Waals surface area contributed by atoms with Gasteiger partial charge in [-0.25, -0.2) is 4.98 Å². The number of carbonyl (C=O) groups is 1. The third kappa shape index (κ3) is 4.16. The lowest BCUT2D eigenvalue weighted by Crippen LogP contribution is -2.44. The van der Waals surface area contributed by atoms with Crippen LogP contribution < -0.4 is 10.9 Å². The number of benzene rings is 2. The molecule has 150 valence electrons. The fourth-order valence-corrected chi connectivity index (χ4v) is 4.05. The molecule has 1 amide bonds. The molecule has 0 saturated carbocycles. The van der Waals surface area contributed by atoms with Gasteiger partial charge in [-0.2, -0.15) is 0 Å². The molecule has 1 aromatic heterocycles. The molecule has 29 heavy (non-hydrogen) atoms. The number of fused-ring (bicyclic) bond motifs is 1. The van der Waals surface area contributed by atoms with Gasteiger partial charge in [-0.15, -0.1) is 0 Å². The van der Waals surface area contributed by atoms with Gasteiger partial charge in [0.05, 0.1) is 16.8 Å². The van der Waals surface area contributed by atoms with Crippen LogP contribution in [0.2, 0.25) is 0 Å². The molecule has 2 heterocycles. The molecule has 2 N–H and O–H groups in total. The van der Waals surface area contributed by atoms with Crippen molar-refractivity contribution >= 4 is 22.8 Å². The van der Waals surface area contributed by atoms with Gasteiger partial charge < -0.3 is 10.2 Å². The number of nitrogens with one attached hydrogen (secondary N) is 2. The number of H-pyrrole nitrogens is 1. The zero-order chi connectivity index (χ0) is 20.2. The number of piperidine rings is 1. The van der Waals surface area contributed by atoms with E-state index in [0.29, 0.717) is 29.9 Å². The van der Waals surface area contributed by atoms with Gasteiger partial charge in [-0.05, 0) is 37.0 Å². The molecule has 1 aliphatic rings. The lowest BCUT2D eigenvalue weighted by atomic mass is 9.93. The first kappa shape index (κ1) is 19.2. The molecule has 1 atom stereocenters. The highest BCUT2D eigenvalue weighted by Gasteiger charge is 2.28. The van der Waals surface area contributed by atoms with Crippen molar-refractivity contribution in [1.29, 1.82) is 0 Å². The van der Waals surface area contributed by atoms with E-state index in [-0.39, 0.29) is 23.4 Å².